The topological polar surface area (TPSA) is 33.5 Å². The Labute approximate surface area is 85.1 Å². The zero-order valence-electron chi connectivity index (χ0n) is 5.33. The van der Waals surface area contributed by atoms with Gasteiger partial charge in [-0.05, 0) is 0 Å². The molecule has 1 nitrogen and oxygen atoms in total. The molecule has 0 saturated carbocycles. The van der Waals surface area contributed by atoms with E-state index in [0.717, 1.165) is 0 Å². The van der Waals surface area contributed by atoms with Crippen LogP contribution in [0, 0.1) is 0 Å². The number of rotatable bonds is 0. The predicted octanol–water partition coefficient (Wildman–Crippen LogP) is -3.91. The van der Waals surface area contributed by atoms with Crippen LogP contribution in [0.4, 0.5) is 0 Å². The van der Waals surface area contributed by atoms with Gasteiger partial charge in [-0.25, -0.2) is 0 Å². The van der Waals surface area contributed by atoms with Gasteiger partial charge in [-0.1, -0.05) is 19.6 Å². The maximum atomic E-state index is 2.27. The molecule has 0 aromatic rings. The van der Waals surface area contributed by atoms with Crippen molar-refractivity contribution in [3.8, 4) is 0 Å². The average Bonchev–Trinajstić information content (AvgIpc) is 0.811. The smallest absolute Gasteiger partial charge is 1.00 e. The zero-order chi connectivity index (χ0) is 3.58. The third-order valence-corrected chi connectivity index (χ3v) is 0. The van der Waals surface area contributed by atoms with Crippen LogP contribution in [0.2, 0.25) is 19.6 Å². The molecule has 0 aromatic heterocycles. The summed E-state index contributed by atoms with van der Waals surface area (Å²) < 4.78 is 0. The molecule has 0 aliphatic heterocycles. The van der Waals surface area contributed by atoms with Crippen LogP contribution in [0.15, 0.2) is 0 Å². The van der Waals surface area contributed by atoms with E-state index in [2.05, 4.69) is 19.6 Å². The number of halogens is 2. The molecule has 0 atom stereocenters. The second-order valence-corrected chi connectivity index (χ2v) is 4.50. The van der Waals surface area contributed by atoms with Crippen molar-refractivity contribution in [2.45, 2.75) is 19.6 Å². The Kier molecular flexibility index (Phi) is 97.9. The van der Waals surface area contributed by atoms with Gasteiger partial charge in [0.15, 0.2) is 0 Å². The van der Waals surface area contributed by atoms with Gasteiger partial charge < -0.3 is 31.0 Å². The van der Waals surface area contributed by atoms with E-state index in [-0.39, 0.29) is 66.0 Å². The van der Waals surface area contributed by atoms with E-state index >= 15 is 0 Å². The van der Waals surface area contributed by atoms with Gasteiger partial charge in [-0.2, -0.15) is 0 Å². The first-order chi connectivity index (χ1) is 1.73. The van der Waals surface area contributed by atoms with E-state index in [1.807, 2.05) is 0 Å². The molecular formula is C3H11Cl2NSiZr. The van der Waals surface area contributed by atoms with Crippen molar-refractivity contribution in [2.75, 3.05) is 0 Å². The number of hydrogen-bond donors (Lipinski definition) is 0. The fourth-order valence-electron chi connectivity index (χ4n) is 0. The molecule has 0 bridgehead atoms. The van der Waals surface area contributed by atoms with Gasteiger partial charge in [0.05, 0.1) is 0 Å². The summed E-state index contributed by atoms with van der Waals surface area (Å²) >= 11 is 0. The van der Waals surface area contributed by atoms with Crippen LogP contribution in [0.1, 0.15) is 0 Å². The molecule has 0 amide bonds. The van der Waals surface area contributed by atoms with Crippen molar-refractivity contribution in [1.29, 1.82) is 0 Å². The van der Waals surface area contributed by atoms with Gasteiger partial charge in [0.1, 0.15) is 0 Å². The van der Waals surface area contributed by atoms with Crippen molar-refractivity contribution < 1.29 is 51.0 Å². The first kappa shape index (κ1) is 33.4. The zero-order valence-corrected chi connectivity index (χ0v) is 10.3. The Hall–Kier alpha value is 1.64. The number of nitrogens with two attached hydrogens (primary N) is 1. The monoisotopic (exact) mass is 249 g/mol. The van der Waals surface area contributed by atoms with Crippen molar-refractivity contribution in [3.05, 3.63) is 6.15 Å². The molecule has 50 valence electrons. The summed E-state index contributed by atoms with van der Waals surface area (Å²) in [5, 5.41) is 0. The molecule has 0 unspecified atom stereocenters. The summed E-state index contributed by atoms with van der Waals surface area (Å²) in [6.45, 7) is 6.81. The Balaban J connectivity index is -0.00000000750. The quantitative estimate of drug-likeness (QED) is 0.394. The van der Waals surface area contributed by atoms with E-state index in [9.17, 15) is 0 Å². The van der Waals surface area contributed by atoms with Gasteiger partial charge >= 0.3 is 26.2 Å². The van der Waals surface area contributed by atoms with Crippen LogP contribution in [-0.4, -0.2) is 8.80 Å². The first-order valence-electron chi connectivity index (χ1n) is 1.50. The average molecular weight is 251 g/mol. The molecule has 0 aliphatic rings. The standard InChI is InChI=1S/C3H9Si.2ClH.H2N.Zr/c1-4(2)3;;;;/h1-3H3;2*1H;1H2;/q;;;-1;+3/p-2. The molecule has 0 heterocycles. The summed E-state index contributed by atoms with van der Waals surface area (Å²) in [7, 11) is 0.120. The van der Waals surface area contributed by atoms with Crippen LogP contribution in [-0.2, 0) is 26.2 Å². The molecule has 5 heteroatoms. The van der Waals surface area contributed by atoms with Crippen molar-refractivity contribution in [2.24, 2.45) is 0 Å². The van der Waals surface area contributed by atoms with Gasteiger partial charge in [0.25, 0.3) is 0 Å². The molecule has 0 rings (SSSR count). The Morgan fingerprint density at radius 2 is 0.875 bits per heavy atom. The van der Waals surface area contributed by atoms with Gasteiger partial charge in [0, 0.05) is 8.80 Å². The van der Waals surface area contributed by atoms with Crippen molar-refractivity contribution >= 4 is 8.80 Å². The molecule has 2 N–H and O–H groups in total. The molecule has 0 aromatic carbocycles. The minimum atomic E-state index is 0. The largest absolute Gasteiger partial charge is 3.00 e. The van der Waals surface area contributed by atoms with E-state index in [1.165, 1.54) is 0 Å². The van der Waals surface area contributed by atoms with E-state index in [1.54, 1.807) is 0 Å². The second kappa shape index (κ2) is 23.4. The third-order valence-electron chi connectivity index (χ3n) is 0. The number of hydrogen-bond acceptors (Lipinski definition) is 0. The maximum Gasteiger partial charge on any atom is 3.00 e. The Morgan fingerprint density at radius 1 is 0.875 bits per heavy atom. The fourth-order valence-corrected chi connectivity index (χ4v) is 0. The minimum Gasteiger partial charge on any atom is -1.00 e. The van der Waals surface area contributed by atoms with Crippen LogP contribution in [0.5, 0.6) is 0 Å². The van der Waals surface area contributed by atoms with Crippen LogP contribution in [0.3, 0.4) is 0 Å². The van der Waals surface area contributed by atoms with Crippen LogP contribution < -0.4 is 24.8 Å². The molecule has 0 aliphatic carbocycles. The SMILES string of the molecule is C[Si](C)C.[Cl-].[Cl-].[NH2-].[Zr+3]. The van der Waals surface area contributed by atoms with Crippen molar-refractivity contribution in [1.82, 2.24) is 0 Å². The fraction of sp³-hybridized carbons (Fsp3) is 1.00. The van der Waals surface area contributed by atoms with Gasteiger partial charge in [-0.3, -0.25) is 0 Å². The summed E-state index contributed by atoms with van der Waals surface area (Å²) in [5.74, 6) is 0. The molecular weight excluding hydrogens is 240 g/mol. The molecule has 0 saturated heterocycles. The van der Waals surface area contributed by atoms with E-state index in [4.69, 9.17) is 0 Å². The normalized spacial score (nSPS) is 4.50. The molecule has 0 fully saturated rings. The maximum absolute atomic E-state index is 2.27. The minimum absolute atomic E-state index is 0. The molecule has 8 heavy (non-hydrogen) atoms. The molecule has 2 radical (unpaired) electrons. The second-order valence-electron chi connectivity index (χ2n) is 1.50. The van der Waals surface area contributed by atoms with Gasteiger partial charge in [0.2, 0.25) is 0 Å². The Morgan fingerprint density at radius 3 is 0.875 bits per heavy atom. The summed E-state index contributed by atoms with van der Waals surface area (Å²) in [6.07, 6.45) is 0. The first-order valence-corrected chi connectivity index (χ1v) is 4.50. The Bertz CT molecular complexity index is 22.0. The summed E-state index contributed by atoms with van der Waals surface area (Å²) in [5.41, 5.74) is 0. The summed E-state index contributed by atoms with van der Waals surface area (Å²) in [4.78, 5) is 0. The van der Waals surface area contributed by atoms with E-state index in [0.29, 0.717) is 0 Å². The molecule has 0 spiro atoms. The summed E-state index contributed by atoms with van der Waals surface area (Å²) in [6, 6.07) is 0. The third kappa shape index (κ3) is 125. The van der Waals surface area contributed by atoms with Gasteiger partial charge in [-0.15, -0.1) is 0 Å². The van der Waals surface area contributed by atoms with Crippen LogP contribution >= 0.6 is 0 Å². The van der Waals surface area contributed by atoms with Crippen LogP contribution in [0.25, 0.3) is 6.15 Å². The van der Waals surface area contributed by atoms with E-state index < -0.39 is 0 Å². The predicted molar refractivity (Wildman–Crippen MR) is 28.6 cm³/mol. The van der Waals surface area contributed by atoms with Crippen molar-refractivity contribution in [3.63, 3.8) is 0 Å².